The van der Waals surface area contributed by atoms with Crippen LogP contribution in [0, 0.1) is 6.92 Å². The Morgan fingerprint density at radius 3 is 2.56 bits per heavy atom. The average Bonchev–Trinajstić information content (AvgIpc) is 3.02. The van der Waals surface area contributed by atoms with Crippen molar-refractivity contribution in [2.45, 2.75) is 26.7 Å². The van der Waals surface area contributed by atoms with E-state index in [0.717, 1.165) is 35.5 Å². The molecule has 0 unspecified atom stereocenters. The molecular formula is C20H20ClN3O. The fourth-order valence-corrected chi connectivity index (χ4v) is 2.87. The van der Waals surface area contributed by atoms with E-state index in [1.54, 1.807) is 6.20 Å². The van der Waals surface area contributed by atoms with Crippen LogP contribution >= 0.6 is 11.6 Å². The van der Waals surface area contributed by atoms with Gasteiger partial charge in [-0.25, -0.2) is 4.68 Å². The van der Waals surface area contributed by atoms with E-state index in [4.69, 9.17) is 11.6 Å². The summed E-state index contributed by atoms with van der Waals surface area (Å²) in [4.78, 5) is 12.8. The minimum atomic E-state index is -0.141. The van der Waals surface area contributed by atoms with Crippen molar-refractivity contribution >= 4 is 23.2 Å². The molecule has 0 aliphatic rings. The zero-order valence-corrected chi connectivity index (χ0v) is 15.0. The van der Waals surface area contributed by atoms with E-state index in [1.165, 1.54) is 0 Å². The molecule has 0 saturated heterocycles. The van der Waals surface area contributed by atoms with E-state index in [-0.39, 0.29) is 5.91 Å². The number of benzene rings is 2. The van der Waals surface area contributed by atoms with Crippen molar-refractivity contribution in [1.29, 1.82) is 0 Å². The number of carbonyl (C=O) groups excluding carboxylic acids is 1. The van der Waals surface area contributed by atoms with Crippen molar-refractivity contribution in [2.75, 3.05) is 5.32 Å². The maximum absolute atomic E-state index is 12.8. The van der Waals surface area contributed by atoms with Crippen LogP contribution in [0.1, 0.15) is 35.0 Å². The summed E-state index contributed by atoms with van der Waals surface area (Å²) in [6, 6.07) is 15.2. The third kappa shape index (κ3) is 3.74. The lowest BCUT2D eigenvalue weighted by Crippen LogP contribution is -2.15. The van der Waals surface area contributed by atoms with E-state index in [1.807, 2.05) is 60.1 Å². The number of hydrogen-bond donors (Lipinski definition) is 1. The van der Waals surface area contributed by atoms with Gasteiger partial charge in [0.15, 0.2) is 0 Å². The van der Waals surface area contributed by atoms with Crippen molar-refractivity contribution in [3.05, 3.63) is 76.6 Å². The molecular weight excluding hydrogens is 334 g/mol. The Bertz CT molecular complexity index is 884. The molecule has 0 aliphatic heterocycles. The Hall–Kier alpha value is -2.59. The first-order valence-corrected chi connectivity index (χ1v) is 8.67. The molecule has 0 aliphatic carbocycles. The SMILES string of the molecule is CCCc1c(C(=O)Nc2ccccc2C)cnn1-c1ccc(Cl)cc1. The van der Waals surface area contributed by atoms with Gasteiger partial charge in [0, 0.05) is 10.7 Å². The molecule has 25 heavy (non-hydrogen) atoms. The molecule has 0 spiro atoms. The average molecular weight is 354 g/mol. The summed E-state index contributed by atoms with van der Waals surface area (Å²) < 4.78 is 1.81. The molecule has 1 amide bonds. The van der Waals surface area contributed by atoms with Crippen LogP contribution in [0.25, 0.3) is 5.69 Å². The summed E-state index contributed by atoms with van der Waals surface area (Å²) in [6.45, 7) is 4.06. The van der Waals surface area contributed by atoms with Gasteiger partial charge in [0.25, 0.3) is 5.91 Å². The number of anilines is 1. The van der Waals surface area contributed by atoms with Crippen LogP contribution in [0.3, 0.4) is 0 Å². The van der Waals surface area contributed by atoms with Gasteiger partial charge < -0.3 is 5.32 Å². The lowest BCUT2D eigenvalue weighted by molar-refractivity contribution is 0.102. The van der Waals surface area contributed by atoms with Gasteiger partial charge in [-0.1, -0.05) is 43.1 Å². The first-order valence-electron chi connectivity index (χ1n) is 8.30. The van der Waals surface area contributed by atoms with Gasteiger partial charge in [0.2, 0.25) is 0 Å². The Kier molecular flexibility index (Phi) is 5.19. The number of amides is 1. The van der Waals surface area contributed by atoms with Gasteiger partial charge in [-0.2, -0.15) is 5.10 Å². The Balaban J connectivity index is 1.95. The number of nitrogens with zero attached hydrogens (tertiary/aromatic N) is 2. The van der Waals surface area contributed by atoms with Crippen LogP contribution in [0.5, 0.6) is 0 Å². The summed E-state index contributed by atoms with van der Waals surface area (Å²) in [5.41, 5.74) is 4.23. The van der Waals surface area contributed by atoms with Crippen molar-refractivity contribution < 1.29 is 4.79 Å². The van der Waals surface area contributed by atoms with Crippen molar-refractivity contribution in [1.82, 2.24) is 9.78 Å². The van der Waals surface area contributed by atoms with E-state index in [9.17, 15) is 4.79 Å². The number of hydrogen-bond acceptors (Lipinski definition) is 2. The number of nitrogens with one attached hydrogen (secondary N) is 1. The van der Waals surface area contributed by atoms with Gasteiger partial charge in [-0.3, -0.25) is 4.79 Å². The Morgan fingerprint density at radius 1 is 1.16 bits per heavy atom. The van der Waals surface area contributed by atoms with Crippen LogP contribution in [0.15, 0.2) is 54.7 Å². The molecule has 1 N–H and O–H groups in total. The fourth-order valence-electron chi connectivity index (χ4n) is 2.75. The minimum absolute atomic E-state index is 0.141. The number of halogens is 1. The molecule has 0 fully saturated rings. The Morgan fingerprint density at radius 2 is 1.88 bits per heavy atom. The second-order valence-corrected chi connectivity index (χ2v) is 6.35. The van der Waals surface area contributed by atoms with E-state index < -0.39 is 0 Å². The predicted molar refractivity (Wildman–Crippen MR) is 102 cm³/mol. The quantitative estimate of drug-likeness (QED) is 0.698. The number of carbonyl (C=O) groups is 1. The standard InChI is InChI=1S/C20H20ClN3O/c1-3-6-19-17(20(25)23-18-8-5-4-7-14(18)2)13-22-24(19)16-11-9-15(21)10-12-16/h4-5,7-13H,3,6H2,1-2H3,(H,23,25). The summed E-state index contributed by atoms with van der Waals surface area (Å²) in [5, 5.41) is 8.09. The minimum Gasteiger partial charge on any atom is -0.322 e. The number of aryl methyl sites for hydroxylation is 1. The van der Waals surface area contributed by atoms with E-state index >= 15 is 0 Å². The predicted octanol–water partition coefficient (Wildman–Crippen LogP) is 5.04. The van der Waals surface area contributed by atoms with Crippen LogP contribution < -0.4 is 5.32 Å². The molecule has 5 heteroatoms. The number of aromatic nitrogens is 2. The summed E-state index contributed by atoms with van der Waals surface area (Å²) in [7, 11) is 0. The molecule has 0 bridgehead atoms. The normalized spacial score (nSPS) is 10.7. The third-order valence-electron chi connectivity index (χ3n) is 4.06. The highest BCUT2D eigenvalue weighted by atomic mass is 35.5. The van der Waals surface area contributed by atoms with Crippen LogP contribution in [-0.2, 0) is 6.42 Å². The largest absolute Gasteiger partial charge is 0.322 e. The first kappa shape index (κ1) is 17.2. The topological polar surface area (TPSA) is 46.9 Å². The molecule has 1 heterocycles. The maximum atomic E-state index is 12.8. The van der Waals surface area contributed by atoms with Crippen molar-refractivity contribution in [3.63, 3.8) is 0 Å². The first-order chi connectivity index (χ1) is 12.1. The zero-order valence-electron chi connectivity index (χ0n) is 14.3. The third-order valence-corrected chi connectivity index (χ3v) is 4.32. The van der Waals surface area contributed by atoms with Crippen LogP contribution in [0.4, 0.5) is 5.69 Å². The van der Waals surface area contributed by atoms with Crippen LogP contribution in [0.2, 0.25) is 5.02 Å². The molecule has 2 aromatic carbocycles. The number of para-hydroxylation sites is 1. The molecule has 0 saturated carbocycles. The highest BCUT2D eigenvalue weighted by molar-refractivity contribution is 6.30. The number of rotatable bonds is 5. The zero-order chi connectivity index (χ0) is 17.8. The van der Waals surface area contributed by atoms with E-state index in [2.05, 4.69) is 17.3 Å². The smallest absolute Gasteiger partial charge is 0.259 e. The van der Waals surface area contributed by atoms with Gasteiger partial charge in [-0.15, -0.1) is 0 Å². The van der Waals surface area contributed by atoms with Gasteiger partial charge >= 0.3 is 0 Å². The van der Waals surface area contributed by atoms with Crippen molar-refractivity contribution in [2.24, 2.45) is 0 Å². The maximum Gasteiger partial charge on any atom is 0.259 e. The molecule has 0 radical (unpaired) electrons. The Labute approximate surface area is 152 Å². The summed E-state index contributed by atoms with van der Waals surface area (Å²) in [6.07, 6.45) is 3.32. The summed E-state index contributed by atoms with van der Waals surface area (Å²) in [5.74, 6) is -0.141. The highest BCUT2D eigenvalue weighted by Gasteiger charge is 2.18. The monoisotopic (exact) mass is 353 g/mol. The molecule has 0 atom stereocenters. The molecule has 4 nitrogen and oxygen atoms in total. The summed E-state index contributed by atoms with van der Waals surface area (Å²) >= 11 is 5.97. The van der Waals surface area contributed by atoms with E-state index in [0.29, 0.717) is 10.6 Å². The molecule has 1 aromatic heterocycles. The van der Waals surface area contributed by atoms with Gasteiger partial charge in [0.1, 0.15) is 0 Å². The van der Waals surface area contributed by atoms with Gasteiger partial charge in [-0.05, 0) is 49.2 Å². The fraction of sp³-hybridized carbons (Fsp3) is 0.200. The lowest BCUT2D eigenvalue weighted by Gasteiger charge is -2.11. The second kappa shape index (κ2) is 7.53. The second-order valence-electron chi connectivity index (χ2n) is 5.91. The molecule has 3 aromatic rings. The van der Waals surface area contributed by atoms with Crippen molar-refractivity contribution in [3.8, 4) is 5.69 Å². The lowest BCUT2D eigenvalue weighted by atomic mass is 10.1. The molecule has 128 valence electrons. The molecule has 3 rings (SSSR count). The van der Waals surface area contributed by atoms with Gasteiger partial charge in [0.05, 0.1) is 23.1 Å². The highest BCUT2D eigenvalue weighted by Crippen LogP contribution is 2.21. The van der Waals surface area contributed by atoms with Crippen LogP contribution in [-0.4, -0.2) is 15.7 Å².